The zero-order chi connectivity index (χ0) is 15.3. The van der Waals surface area contributed by atoms with E-state index in [9.17, 15) is 8.42 Å². The van der Waals surface area contributed by atoms with Gasteiger partial charge in [0, 0.05) is 9.26 Å². The van der Waals surface area contributed by atoms with Crippen molar-refractivity contribution in [2.24, 2.45) is 0 Å². The van der Waals surface area contributed by atoms with Crippen LogP contribution in [0, 0.1) is 3.57 Å². The number of rotatable bonds is 6. The third-order valence-electron chi connectivity index (χ3n) is 2.57. The highest BCUT2D eigenvalue weighted by molar-refractivity contribution is 14.1. The van der Waals surface area contributed by atoms with Gasteiger partial charge in [0.15, 0.2) is 0 Å². The van der Waals surface area contributed by atoms with E-state index in [4.69, 9.17) is 9.84 Å². The monoisotopic (exact) mass is 419 g/mol. The molecular formula is C14H14INO4S. The highest BCUT2D eigenvalue weighted by Crippen LogP contribution is 2.20. The van der Waals surface area contributed by atoms with Gasteiger partial charge in [0.05, 0.1) is 11.5 Å². The van der Waals surface area contributed by atoms with Crippen LogP contribution >= 0.6 is 22.6 Å². The van der Waals surface area contributed by atoms with Gasteiger partial charge in [-0.3, -0.25) is 4.72 Å². The Morgan fingerprint density at radius 1 is 1.14 bits per heavy atom. The molecule has 0 spiro atoms. The molecule has 2 N–H and O–H groups in total. The molecule has 0 saturated carbocycles. The minimum atomic E-state index is -3.63. The van der Waals surface area contributed by atoms with Crippen LogP contribution in [0.4, 0.5) is 5.69 Å². The lowest BCUT2D eigenvalue weighted by Crippen LogP contribution is -2.13. The molecule has 0 amide bonds. The second kappa shape index (κ2) is 7.10. The summed E-state index contributed by atoms with van der Waals surface area (Å²) >= 11 is 2.12. The number of anilines is 1. The molecule has 2 aromatic carbocycles. The van der Waals surface area contributed by atoms with E-state index in [2.05, 4.69) is 27.3 Å². The lowest BCUT2D eigenvalue weighted by molar-refractivity contribution is 0.201. The molecule has 7 heteroatoms. The van der Waals surface area contributed by atoms with Gasteiger partial charge in [0.1, 0.15) is 12.4 Å². The van der Waals surface area contributed by atoms with Crippen LogP contribution in [0.25, 0.3) is 0 Å². The first-order valence-electron chi connectivity index (χ1n) is 6.13. The summed E-state index contributed by atoms with van der Waals surface area (Å²) in [4.78, 5) is 0.151. The van der Waals surface area contributed by atoms with Gasteiger partial charge >= 0.3 is 0 Å². The molecule has 0 saturated heterocycles. The zero-order valence-electron chi connectivity index (χ0n) is 11.0. The van der Waals surface area contributed by atoms with Crippen LogP contribution in [0.5, 0.6) is 5.75 Å². The lowest BCUT2D eigenvalue weighted by atomic mass is 10.3. The quantitative estimate of drug-likeness (QED) is 0.706. The highest BCUT2D eigenvalue weighted by Gasteiger charge is 2.14. The van der Waals surface area contributed by atoms with Gasteiger partial charge in [-0.05, 0) is 65.1 Å². The smallest absolute Gasteiger partial charge is 0.261 e. The lowest BCUT2D eigenvalue weighted by Gasteiger charge is -2.09. The first-order chi connectivity index (χ1) is 10.0. The topological polar surface area (TPSA) is 75.6 Å². The number of aliphatic hydroxyl groups is 1. The molecule has 0 bridgehead atoms. The molecular weight excluding hydrogens is 405 g/mol. The summed E-state index contributed by atoms with van der Waals surface area (Å²) in [5.41, 5.74) is 0.516. The van der Waals surface area contributed by atoms with Gasteiger partial charge in [0.25, 0.3) is 10.0 Å². The molecule has 0 aromatic heterocycles. The molecule has 0 aliphatic heterocycles. The van der Waals surface area contributed by atoms with E-state index in [0.717, 1.165) is 3.57 Å². The molecule has 0 aliphatic carbocycles. The van der Waals surface area contributed by atoms with Crippen molar-refractivity contribution >= 4 is 38.3 Å². The Morgan fingerprint density at radius 3 is 2.48 bits per heavy atom. The number of halogens is 1. The number of aliphatic hydroxyl groups excluding tert-OH is 1. The molecule has 0 fully saturated rings. The maximum absolute atomic E-state index is 12.2. The van der Waals surface area contributed by atoms with E-state index in [1.165, 1.54) is 12.1 Å². The number of nitrogens with one attached hydrogen (secondary N) is 1. The van der Waals surface area contributed by atoms with E-state index in [1.54, 1.807) is 30.3 Å². The van der Waals surface area contributed by atoms with Crippen LogP contribution < -0.4 is 9.46 Å². The summed E-state index contributed by atoms with van der Waals surface area (Å²) in [6.45, 7) is 0.0844. The first-order valence-corrected chi connectivity index (χ1v) is 8.69. The maximum Gasteiger partial charge on any atom is 0.261 e. The summed E-state index contributed by atoms with van der Waals surface area (Å²) in [5, 5.41) is 8.67. The summed E-state index contributed by atoms with van der Waals surface area (Å²) in [5.74, 6) is 0.511. The Morgan fingerprint density at radius 2 is 1.86 bits per heavy atom. The second-order valence-electron chi connectivity index (χ2n) is 4.16. The van der Waals surface area contributed by atoms with Crippen LogP contribution in [0.3, 0.4) is 0 Å². The van der Waals surface area contributed by atoms with Crippen molar-refractivity contribution in [1.82, 2.24) is 0 Å². The largest absolute Gasteiger partial charge is 0.491 e. The number of benzene rings is 2. The Hall–Kier alpha value is -1.32. The number of hydrogen-bond acceptors (Lipinski definition) is 4. The van der Waals surface area contributed by atoms with Crippen LogP contribution in [-0.2, 0) is 10.0 Å². The molecule has 0 radical (unpaired) electrons. The zero-order valence-corrected chi connectivity index (χ0v) is 14.0. The molecule has 0 unspecified atom stereocenters. The van der Waals surface area contributed by atoms with Gasteiger partial charge in [-0.25, -0.2) is 8.42 Å². The van der Waals surface area contributed by atoms with Crippen molar-refractivity contribution in [3.05, 3.63) is 52.1 Å². The molecule has 112 valence electrons. The van der Waals surface area contributed by atoms with Crippen molar-refractivity contribution in [1.29, 1.82) is 0 Å². The van der Waals surface area contributed by atoms with Gasteiger partial charge in [0.2, 0.25) is 0 Å². The first kappa shape index (κ1) is 16.1. The number of ether oxygens (including phenoxy) is 1. The Balaban J connectivity index is 2.15. The third-order valence-corrected chi connectivity index (χ3v) is 4.64. The molecule has 0 heterocycles. The van der Waals surface area contributed by atoms with Crippen LogP contribution in [0.1, 0.15) is 0 Å². The molecule has 0 atom stereocenters. The number of hydrogen-bond donors (Lipinski definition) is 2. The highest BCUT2D eigenvalue weighted by atomic mass is 127. The SMILES string of the molecule is O=S(=O)(Nc1cccc(I)c1)c1ccc(OCCO)cc1. The van der Waals surface area contributed by atoms with Gasteiger partial charge in [-0.2, -0.15) is 0 Å². The fourth-order valence-corrected chi connectivity index (χ4v) is 3.24. The fraction of sp³-hybridized carbons (Fsp3) is 0.143. The minimum Gasteiger partial charge on any atom is -0.491 e. The predicted octanol–water partition coefficient (Wildman–Crippen LogP) is 2.46. The van der Waals surface area contributed by atoms with E-state index in [1.807, 2.05) is 6.07 Å². The van der Waals surface area contributed by atoms with Crippen LogP contribution in [0.2, 0.25) is 0 Å². The third kappa shape index (κ3) is 4.58. The summed E-state index contributed by atoms with van der Waals surface area (Å²) < 4.78 is 33.1. The molecule has 2 aromatic rings. The average Bonchev–Trinajstić information content (AvgIpc) is 2.45. The van der Waals surface area contributed by atoms with Gasteiger partial charge in [-0.1, -0.05) is 6.07 Å². The Bertz CT molecular complexity index is 701. The second-order valence-corrected chi connectivity index (χ2v) is 7.09. The summed E-state index contributed by atoms with van der Waals surface area (Å²) in [6, 6.07) is 13.1. The van der Waals surface area contributed by atoms with Crippen molar-refractivity contribution < 1.29 is 18.3 Å². The van der Waals surface area contributed by atoms with Crippen LogP contribution in [-0.4, -0.2) is 26.7 Å². The van der Waals surface area contributed by atoms with Crippen LogP contribution in [0.15, 0.2) is 53.4 Å². The van der Waals surface area contributed by atoms with Gasteiger partial charge < -0.3 is 9.84 Å². The average molecular weight is 419 g/mol. The molecule has 21 heavy (non-hydrogen) atoms. The molecule has 2 rings (SSSR count). The Labute approximate surface area is 137 Å². The van der Waals surface area contributed by atoms with Crippen molar-refractivity contribution in [3.63, 3.8) is 0 Å². The summed E-state index contributed by atoms with van der Waals surface area (Å²) in [7, 11) is -3.63. The fourth-order valence-electron chi connectivity index (χ4n) is 1.64. The Kier molecular flexibility index (Phi) is 5.43. The minimum absolute atomic E-state index is 0.0890. The molecule has 0 aliphatic rings. The van der Waals surface area contributed by atoms with Crippen molar-refractivity contribution in [2.45, 2.75) is 4.90 Å². The van der Waals surface area contributed by atoms with Gasteiger partial charge in [-0.15, -0.1) is 0 Å². The summed E-state index contributed by atoms with van der Waals surface area (Å²) in [6.07, 6.45) is 0. The standard InChI is InChI=1S/C14H14INO4S/c15-11-2-1-3-12(10-11)16-21(18,19)14-6-4-13(5-7-14)20-9-8-17/h1-7,10,16-17H,8-9H2. The normalized spacial score (nSPS) is 11.1. The van der Waals surface area contributed by atoms with Crippen molar-refractivity contribution in [3.8, 4) is 5.75 Å². The van der Waals surface area contributed by atoms with E-state index >= 15 is 0 Å². The van der Waals surface area contributed by atoms with Crippen molar-refractivity contribution in [2.75, 3.05) is 17.9 Å². The van der Waals surface area contributed by atoms with E-state index < -0.39 is 10.0 Å². The maximum atomic E-state index is 12.2. The van der Waals surface area contributed by atoms with E-state index in [0.29, 0.717) is 11.4 Å². The number of sulfonamides is 1. The molecule has 5 nitrogen and oxygen atoms in total. The predicted molar refractivity (Wildman–Crippen MR) is 89.0 cm³/mol. The van der Waals surface area contributed by atoms with E-state index in [-0.39, 0.29) is 18.1 Å².